The van der Waals surface area contributed by atoms with Gasteiger partial charge >= 0.3 is 0 Å². The van der Waals surface area contributed by atoms with Crippen molar-refractivity contribution < 1.29 is 0 Å². The first-order valence-electron chi connectivity index (χ1n) is 5.50. The molecule has 2 aromatic rings. The summed E-state index contributed by atoms with van der Waals surface area (Å²) >= 11 is 6.18. The van der Waals surface area contributed by atoms with Crippen molar-refractivity contribution >= 4 is 17.3 Å². The minimum absolute atomic E-state index is 0.387. The molecule has 0 saturated heterocycles. The van der Waals surface area contributed by atoms with Gasteiger partial charge in [0.25, 0.3) is 0 Å². The van der Waals surface area contributed by atoms with E-state index in [0.717, 1.165) is 12.0 Å². The van der Waals surface area contributed by atoms with Gasteiger partial charge in [0, 0.05) is 5.56 Å². The summed E-state index contributed by atoms with van der Waals surface area (Å²) < 4.78 is 1.84. The lowest BCUT2D eigenvalue weighted by Gasteiger charge is -2.06. The highest BCUT2D eigenvalue weighted by atomic mass is 35.5. The number of hydrogen-bond acceptors (Lipinski definition) is 4. The number of rotatable bonds is 2. The summed E-state index contributed by atoms with van der Waals surface area (Å²) in [4.78, 5) is 0. The van der Waals surface area contributed by atoms with Gasteiger partial charge in [-0.3, -0.25) is 0 Å². The summed E-state index contributed by atoms with van der Waals surface area (Å²) in [6.45, 7) is 2.18. The van der Waals surface area contributed by atoms with Crippen LogP contribution in [0.4, 0.5) is 5.69 Å². The number of halogens is 1. The second-order valence-electron chi connectivity index (χ2n) is 4.44. The van der Waals surface area contributed by atoms with E-state index >= 15 is 0 Å². The van der Waals surface area contributed by atoms with E-state index in [1.165, 1.54) is 0 Å². The highest BCUT2D eigenvalue weighted by molar-refractivity contribution is 6.35. The van der Waals surface area contributed by atoms with E-state index in [4.69, 9.17) is 17.3 Å². The van der Waals surface area contributed by atoms with Crippen LogP contribution in [-0.2, 0) is 0 Å². The molecule has 1 aliphatic rings. The first kappa shape index (κ1) is 10.5. The molecule has 2 N–H and O–H groups in total. The Kier molecular flexibility index (Phi) is 2.29. The van der Waals surface area contributed by atoms with E-state index in [-0.39, 0.29) is 0 Å². The van der Waals surface area contributed by atoms with Gasteiger partial charge in [-0.25, -0.2) is 4.68 Å². The lowest BCUT2D eigenvalue weighted by Crippen LogP contribution is -2.02. The summed E-state index contributed by atoms with van der Waals surface area (Å²) in [5, 5.41) is 12.3. The highest BCUT2D eigenvalue weighted by Gasteiger charge is 2.37. The second-order valence-corrected chi connectivity index (χ2v) is 4.81. The Morgan fingerprint density at radius 1 is 1.47 bits per heavy atom. The lowest BCUT2D eigenvalue weighted by molar-refractivity contribution is 0.584. The van der Waals surface area contributed by atoms with Gasteiger partial charge in [-0.1, -0.05) is 24.6 Å². The summed E-state index contributed by atoms with van der Waals surface area (Å²) in [5.74, 6) is 1.31. The maximum absolute atomic E-state index is 6.18. The molecular weight excluding hydrogens is 238 g/mol. The minimum Gasteiger partial charge on any atom is -0.398 e. The number of hydrogen-bond donors (Lipinski definition) is 1. The van der Waals surface area contributed by atoms with Crippen LogP contribution in [0.25, 0.3) is 11.4 Å². The van der Waals surface area contributed by atoms with Crippen molar-refractivity contribution in [3.05, 3.63) is 23.2 Å². The smallest absolute Gasteiger partial charge is 0.183 e. The van der Waals surface area contributed by atoms with Crippen LogP contribution in [0, 0.1) is 5.92 Å². The molecule has 17 heavy (non-hydrogen) atoms. The number of nitrogens with two attached hydrogens (primary N) is 1. The van der Waals surface area contributed by atoms with Crippen molar-refractivity contribution in [2.45, 2.75) is 19.4 Å². The number of nitrogens with zero attached hydrogens (tertiary/aromatic N) is 4. The molecule has 0 radical (unpaired) electrons. The maximum atomic E-state index is 6.18. The Hall–Kier alpha value is -1.62. The van der Waals surface area contributed by atoms with Gasteiger partial charge in [0.15, 0.2) is 5.82 Å². The third-order valence-electron chi connectivity index (χ3n) is 3.14. The van der Waals surface area contributed by atoms with Crippen molar-refractivity contribution in [2.24, 2.45) is 5.92 Å². The summed E-state index contributed by atoms with van der Waals surface area (Å²) in [7, 11) is 0. The fourth-order valence-electron chi connectivity index (χ4n) is 1.96. The van der Waals surface area contributed by atoms with Gasteiger partial charge in [0.1, 0.15) is 0 Å². The third kappa shape index (κ3) is 1.67. The zero-order valence-electron chi connectivity index (χ0n) is 9.34. The molecule has 2 unspecified atom stereocenters. The van der Waals surface area contributed by atoms with E-state index in [1.807, 2.05) is 16.8 Å². The molecule has 0 bridgehead atoms. The SMILES string of the molecule is CC1CC1n1nnnc1-c1cccc(N)c1Cl. The zero-order chi connectivity index (χ0) is 12.0. The molecule has 1 fully saturated rings. The summed E-state index contributed by atoms with van der Waals surface area (Å²) in [5.41, 5.74) is 7.12. The Morgan fingerprint density at radius 3 is 2.94 bits per heavy atom. The molecule has 2 atom stereocenters. The Labute approximate surface area is 104 Å². The number of anilines is 1. The van der Waals surface area contributed by atoms with Gasteiger partial charge in [-0.2, -0.15) is 0 Å². The van der Waals surface area contributed by atoms with E-state index in [2.05, 4.69) is 22.4 Å². The fraction of sp³-hybridized carbons (Fsp3) is 0.364. The largest absolute Gasteiger partial charge is 0.398 e. The van der Waals surface area contributed by atoms with Crippen LogP contribution in [-0.4, -0.2) is 20.2 Å². The summed E-state index contributed by atoms with van der Waals surface area (Å²) in [6.07, 6.45) is 1.11. The fourth-order valence-corrected chi connectivity index (χ4v) is 2.17. The molecule has 1 aromatic heterocycles. The van der Waals surface area contributed by atoms with Crippen LogP contribution in [0.15, 0.2) is 18.2 Å². The number of benzene rings is 1. The van der Waals surface area contributed by atoms with Crippen molar-refractivity contribution in [1.82, 2.24) is 20.2 Å². The average molecular weight is 250 g/mol. The van der Waals surface area contributed by atoms with Gasteiger partial charge < -0.3 is 5.73 Å². The predicted molar refractivity (Wildman–Crippen MR) is 65.5 cm³/mol. The first-order chi connectivity index (χ1) is 8.18. The predicted octanol–water partition coefficient (Wildman–Crippen LogP) is 2.16. The van der Waals surface area contributed by atoms with Gasteiger partial charge in [0.2, 0.25) is 0 Å². The molecule has 0 spiro atoms. The van der Waals surface area contributed by atoms with Gasteiger partial charge in [-0.15, -0.1) is 5.10 Å². The van der Waals surface area contributed by atoms with E-state index in [0.29, 0.717) is 28.5 Å². The lowest BCUT2D eigenvalue weighted by atomic mass is 10.2. The highest BCUT2D eigenvalue weighted by Crippen LogP contribution is 2.44. The van der Waals surface area contributed by atoms with Crippen LogP contribution < -0.4 is 5.73 Å². The molecule has 0 amide bonds. The van der Waals surface area contributed by atoms with Crippen LogP contribution >= 0.6 is 11.6 Å². The van der Waals surface area contributed by atoms with Crippen molar-refractivity contribution in [1.29, 1.82) is 0 Å². The van der Waals surface area contributed by atoms with Crippen LogP contribution in [0.1, 0.15) is 19.4 Å². The molecule has 0 aliphatic heterocycles. The Morgan fingerprint density at radius 2 is 2.24 bits per heavy atom. The monoisotopic (exact) mass is 249 g/mol. The third-order valence-corrected chi connectivity index (χ3v) is 3.57. The zero-order valence-corrected chi connectivity index (χ0v) is 10.1. The van der Waals surface area contributed by atoms with E-state index in [1.54, 1.807) is 6.07 Å². The number of nitrogen functional groups attached to an aromatic ring is 1. The normalized spacial score (nSPS) is 22.7. The van der Waals surface area contributed by atoms with Crippen LogP contribution in [0.3, 0.4) is 0 Å². The van der Waals surface area contributed by atoms with Crippen LogP contribution in [0.2, 0.25) is 5.02 Å². The maximum Gasteiger partial charge on any atom is 0.183 e. The molecule has 5 nitrogen and oxygen atoms in total. The topological polar surface area (TPSA) is 69.6 Å². The Bertz CT molecular complexity index is 565. The van der Waals surface area contributed by atoms with Crippen molar-refractivity contribution in [3.63, 3.8) is 0 Å². The molecule has 3 rings (SSSR count). The molecule has 88 valence electrons. The molecular formula is C11H12ClN5. The molecule has 1 aliphatic carbocycles. The van der Waals surface area contributed by atoms with Gasteiger partial charge in [0.05, 0.1) is 16.8 Å². The number of tetrazole rings is 1. The molecule has 1 saturated carbocycles. The second kappa shape index (κ2) is 3.70. The Balaban J connectivity index is 2.10. The van der Waals surface area contributed by atoms with Crippen LogP contribution in [0.5, 0.6) is 0 Å². The first-order valence-corrected chi connectivity index (χ1v) is 5.88. The van der Waals surface area contributed by atoms with Crippen molar-refractivity contribution in [3.8, 4) is 11.4 Å². The van der Waals surface area contributed by atoms with E-state index in [9.17, 15) is 0 Å². The molecule has 1 aromatic carbocycles. The van der Waals surface area contributed by atoms with Gasteiger partial charge in [-0.05, 0) is 34.9 Å². The molecule has 6 heteroatoms. The van der Waals surface area contributed by atoms with Crippen molar-refractivity contribution in [2.75, 3.05) is 5.73 Å². The average Bonchev–Trinajstić information content (AvgIpc) is 2.86. The van der Waals surface area contributed by atoms with E-state index < -0.39 is 0 Å². The summed E-state index contributed by atoms with van der Waals surface area (Å²) in [6, 6.07) is 5.89. The molecule has 1 heterocycles. The quantitative estimate of drug-likeness (QED) is 0.828. The minimum atomic E-state index is 0.387. The number of aromatic nitrogens is 4. The standard InChI is InChI=1S/C11H12ClN5/c1-6-5-9(6)17-11(14-15-16-17)7-3-2-4-8(13)10(7)12/h2-4,6,9H,5,13H2,1H3.